The van der Waals surface area contributed by atoms with Gasteiger partial charge in [0.05, 0.1) is 5.75 Å². The first-order chi connectivity index (χ1) is 6.17. The van der Waals surface area contributed by atoms with E-state index >= 15 is 0 Å². The first kappa shape index (κ1) is 10.1. The lowest BCUT2D eigenvalue weighted by atomic mass is 10.5. The summed E-state index contributed by atoms with van der Waals surface area (Å²) in [6, 6.07) is 1.38. The first-order valence-corrected chi connectivity index (χ1v) is 5.51. The van der Waals surface area contributed by atoms with Crippen LogP contribution in [0.15, 0.2) is 23.6 Å². The first-order valence-electron chi connectivity index (χ1n) is 3.85. The van der Waals surface area contributed by atoms with Gasteiger partial charge in [0, 0.05) is 6.20 Å². The van der Waals surface area contributed by atoms with Crippen molar-refractivity contribution in [1.29, 1.82) is 0 Å². The molecule has 0 aliphatic rings. The molecule has 0 unspecified atom stereocenters. The number of hydrogen-bond acceptors (Lipinski definition) is 5. The Bertz CT molecular complexity index is 349. The van der Waals surface area contributed by atoms with E-state index in [4.69, 9.17) is 5.73 Å². The van der Waals surface area contributed by atoms with Crippen molar-refractivity contribution in [2.45, 2.75) is 11.4 Å². The quantitative estimate of drug-likeness (QED) is 0.670. The van der Waals surface area contributed by atoms with Crippen molar-refractivity contribution in [2.75, 3.05) is 12.3 Å². The highest BCUT2D eigenvalue weighted by atomic mass is 32.2. The number of nitrogens with zero attached hydrogens (tertiary/aromatic N) is 2. The lowest BCUT2D eigenvalue weighted by Gasteiger charge is -2.00. The van der Waals surface area contributed by atoms with Crippen molar-refractivity contribution in [3.05, 3.63) is 18.6 Å². The average Bonchev–Trinajstić information content (AvgIpc) is 2.16. The van der Waals surface area contributed by atoms with Crippen molar-refractivity contribution < 1.29 is 8.42 Å². The van der Waals surface area contributed by atoms with Crippen LogP contribution in [0.5, 0.6) is 0 Å². The zero-order chi connectivity index (χ0) is 9.73. The summed E-state index contributed by atoms with van der Waals surface area (Å²) in [6.45, 7) is 0.365. The van der Waals surface area contributed by atoms with Gasteiger partial charge in [-0.3, -0.25) is 0 Å². The van der Waals surface area contributed by atoms with Gasteiger partial charge in [0.2, 0.25) is 0 Å². The van der Waals surface area contributed by atoms with Gasteiger partial charge in [0.15, 0.2) is 14.9 Å². The lowest BCUT2D eigenvalue weighted by molar-refractivity contribution is 0.589. The van der Waals surface area contributed by atoms with Gasteiger partial charge in [-0.15, -0.1) is 0 Å². The summed E-state index contributed by atoms with van der Waals surface area (Å²) in [6.07, 6.45) is 3.07. The van der Waals surface area contributed by atoms with Crippen LogP contribution in [0.25, 0.3) is 0 Å². The van der Waals surface area contributed by atoms with Crippen LogP contribution in [0.2, 0.25) is 0 Å². The Morgan fingerprint density at radius 2 is 2.23 bits per heavy atom. The molecule has 6 heteroatoms. The molecule has 1 aromatic rings. The summed E-state index contributed by atoms with van der Waals surface area (Å²) in [4.78, 5) is 7.30. The van der Waals surface area contributed by atoms with E-state index in [1.54, 1.807) is 0 Å². The zero-order valence-electron chi connectivity index (χ0n) is 7.05. The molecule has 0 saturated heterocycles. The molecule has 0 fully saturated rings. The number of aromatic nitrogens is 2. The van der Waals surface area contributed by atoms with Gasteiger partial charge in [0.1, 0.15) is 6.33 Å². The van der Waals surface area contributed by atoms with Crippen LogP contribution in [0, 0.1) is 0 Å². The molecule has 5 nitrogen and oxygen atoms in total. The van der Waals surface area contributed by atoms with Gasteiger partial charge < -0.3 is 5.73 Å². The summed E-state index contributed by atoms with van der Waals surface area (Å²) in [5, 5.41) is 0.0657. The second-order valence-corrected chi connectivity index (χ2v) is 4.56. The molecule has 0 spiro atoms. The minimum absolute atomic E-state index is 0.0422. The van der Waals surface area contributed by atoms with E-state index in [0.29, 0.717) is 13.0 Å². The minimum Gasteiger partial charge on any atom is -0.330 e. The summed E-state index contributed by atoms with van der Waals surface area (Å²) >= 11 is 0. The monoisotopic (exact) mass is 201 g/mol. The molecule has 1 rings (SSSR count). The summed E-state index contributed by atoms with van der Waals surface area (Å²) in [5.41, 5.74) is 5.22. The predicted octanol–water partition coefficient (Wildman–Crippen LogP) is -0.401. The fourth-order valence-electron chi connectivity index (χ4n) is 0.840. The number of rotatable bonds is 4. The van der Waals surface area contributed by atoms with E-state index in [1.807, 2.05) is 0 Å². The molecular weight excluding hydrogens is 190 g/mol. The number of nitrogens with two attached hydrogens (primary N) is 1. The molecule has 0 atom stereocenters. The van der Waals surface area contributed by atoms with Crippen LogP contribution in [-0.2, 0) is 9.84 Å². The van der Waals surface area contributed by atoms with E-state index < -0.39 is 9.84 Å². The normalized spacial score (nSPS) is 11.5. The van der Waals surface area contributed by atoms with Crippen molar-refractivity contribution >= 4 is 9.84 Å². The molecule has 0 aliphatic heterocycles. The highest BCUT2D eigenvalue weighted by Gasteiger charge is 2.14. The van der Waals surface area contributed by atoms with Crippen LogP contribution in [0.4, 0.5) is 0 Å². The molecule has 2 N–H and O–H groups in total. The Labute approximate surface area is 76.9 Å². The van der Waals surface area contributed by atoms with Gasteiger partial charge in [-0.2, -0.15) is 0 Å². The molecule has 1 aromatic heterocycles. The smallest absolute Gasteiger partial charge is 0.195 e. The van der Waals surface area contributed by atoms with Crippen molar-refractivity contribution in [3.63, 3.8) is 0 Å². The molecule has 0 saturated carbocycles. The maximum atomic E-state index is 11.4. The molecule has 0 bridgehead atoms. The minimum atomic E-state index is -3.25. The van der Waals surface area contributed by atoms with Gasteiger partial charge in [-0.25, -0.2) is 18.4 Å². The molecule has 0 aromatic carbocycles. The van der Waals surface area contributed by atoms with Gasteiger partial charge in [-0.1, -0.05) is 0 Å². The van der Waals surface area contributed by atoms with Crippen molar-refractivity contribution in [1.82, 2.24) is 9.97 Å². The van der Waals surface area contributed by atoms with E-state index in [1.165, 1.54) is 18.6 Å². The van der Waals surface area contributed by atoms with Crippen LogP contribution >= 0.6 is 0 Å². The third kappa shape index (κ3) is 2.74. The highest BCUT2D eigenvalue weighted by molar-refractivity contribution is 7.91. The molecule has 0 aliphatic carbocycles. The standard InChI is InChI=1S/C7H11N3O2S/c8-3-1-5-13(11,12)7-2-4-9-6-10-7/h2,4,6H,1,3,5,8H2. The van der Waals surface area contributed by atoms with Crippen molar-refractivity contribution in [3.8, 4) is 0 Å². The van der Waals surface area contributed by atoms with Crippen LogP contribution in [0.1, 0.15) is 6.42 Å². The van der Waals surface area contributed by atoms with Crippen LogP contribution in [0.3, 0.4) is 0 Å². The van der Waals surface area contributed by atoms with E-state index in [9.17, 15) is 8.42 Å². The Kier molecular flexibility index (Phi) is 3.32. The molecule has 1 heterocycles. The lowest BCUT2D eigenvalue weighted by Crippen LogP contribution is -2.12. The van der Waals surface area contributed by atoms with E-state index in [0.717, 1.165) is 0 Å². The Morgan fingerprint density at radius 3 is 2.77 bits per heavy atom. The van der Waals surface area contributed by atoms with Crippen LogP contribution < -0.4 is 5.73 Å². The Balaban J connectivity index is 2.83. The van der Waals surface area contributed by atoms with Crippen molar-refractivity contribution in [2.24, 2.45) is 5.73 Å². The number of sulfone groups is 1. The summed E-state index contributed by atoms with van der Waals surface area (Å²) in [5.74, 6) is 0.0422. The Morgan fingerprint density at radius 1 is 1.46 bits per heavy atom. The maximum absolute atomic E-state index is 11.4. The molecule has 0 amide bonds. The largest absolute Gasteiger partial charge is 0.330 e. The van der Waals surface area contributed by atoms with Gasteiger partial charge in [0.25, 0.3) is 0 Å². The summed E-state index contributed by atoms with van der Waals surface area (Å²) < 4.78 is 22.9. The zero-order valence-corrected chi connectivity index (χ0v) is 7.87. The maximum Gasteiger partial charge on any atom is 0.195 e. The van der Waals surface area contributed by atoms with Crippen LogP contribution in [-0.4, -0.2) is 30.7 Å². The summed E-state index contributed by atoms with van der Waals surface area (Å²) in [7, 11) is -3.25. The molecule has 72 valence electrons. The predicted molar refractivity (Wildman–Crippen MR) is 47.8 cm³/mol. The molecular formula is C7H11N3O2S. The molecule has 13 heavy (non-hydrogen) atoms. The number of hydrogen-bond donors (Lipinski definition) is 1. The second-order valence-electron chi connectivity index (χ2n) is 2.51. The van der Waals surface area contributed by atoms with E-state index in [-0.39, 0.29) is 10.8 Å². The van der Waals surface area contributed by atoms with Gasteiger partial charge >= 0.3 is 0 Å². The Hall–Kier alpha value is -1.01. The second kappa shape index (κ2) is 4.29. The fraction of sp³-hybridized carbons (Fsp3) is 0.429. The topological polar surface area (TPSA) is 85.9 Å². The average molecular weight is 201 g/mol. The highest BCUT2D eigenvalue weighted by Crippen LogP contribution is 2.05. The molecule has 0 radical (unpaired) electrons. The van der Waals surface area contributed by atoms with Gasteiger partial charge in [-0.05, 0) is 19.0 Å². The third-order valence-electron chi connectivity index (χ3n) is 1.49. The SMILES string of the molecule is NCCCS(=O)(=O)c1ccncn1. The third-order valence-corrected chi connectivity index (χ3v) is 3.20. The fourth-order valence-corrected chi connectivity index (χ4v) is 2.07. The van der Waals surface area contributed by atoms with E-state index in [2.05, 4.69) is 9.97 Å².